The number of para-hydroxylation sites is 1. The minimum Gasteiger partial charge on any atom is -0.352 e. The largest absolute Gasteiger partial charge is 0.352 e. The van der Waals surface area contributed by atoms with E-state index in [2.05, 4.69) is 17.1 Å². The van der Waals surface area contributed by atoms with Crippen molar-refractivity contribution >= 4 is 5.91 Å². The molecule has 0 atom stereocenters. The summed E-state index contributed by atoms with van der Waals surface area (Å²) >= 11 is 0. The topological polar surface area (TPSA) is 81.5 Å². The van der Waals surface area contributed by atoms with Crippen LogP contribution in [-0.4, -0.2) is 17.5 Å². The third-order valence-electron chi connectivity index (χ3n) is 3.62. The second kappa shape index (κ2) is 11.5. The first-order valence-corrected chi connectivity index (χ1v) is 8.34. The molecule has 128 valence electrons. The minimum atomic E-state index is -0.912. The summed E-state index contributed by atoms with van der Waals surface area (Å²) in [6, 6.07) is 6.17. The van der Waals surface area contributed by atoms with E-state index in [-0.39, 0.29) is 17.2 Å². The number of carbonyl (C=O) groups is 1. The number of nitrogens with zero attached hydrogens (tertiary/aromatic N) is 1. The first-order chi connectivity index (χ1) is 11.1. The monoisotopic (exact) mass is 322 g/mol. The van der Waals surface area contributed by atoms with E-state index in [1.807, 2.05) is 0 Å². The lowest BCUT2D eigenvalue weighted by atomic mass is 10.1. The number of hydrogen-bond acceptors (Lipinski definition) is 4. The molecule has 0 saturated heterocycles. The van der Waals surface area contributed by atoms with Crippen LogP contribution < -0.4 is 10.2 Å². The van der Waals surface area contributed by atoms with Gasteiger partial charge in [-0.15, -0.1) is 10.1 Å². The molecule has 6 nitrogen and oxygen atoms in total. The smallest absolute Gasteiger partial charge is 0.299 e. The lowest BCUT2D eigenvalue weighted by molar-refractivity contribution is -0.711. The van der Waals surface area contributed by atoms with Crippen LogP contribution in [0.2, 0.25) is 0 Å². The van der Waals surface area contributed by atoms with E-state index in [0.717, 1.165) is 12.8 Å². The van der Waals surface area contributed by atoms with E-state index in [0.29, 0.717) is 6.54 Å². The molecule has 0 bridgehead atoms. The normalized spacial score (nSPS) is 10.3. The Morgan fingerprint density at radius 3 is 2.35 bits per heavy atom. The fourth-order valence-corrected chi connectivity index (χ4v) is 2.37. The third kappa shape index (κ3) is 8.18. The molecular formula is C17H26N2O4. The summed E-state index contributed by atoms with van der Waals surface area (Å²) in [6.07, 6.45) is 9.58. The van der Waals surface area contributed by atoms with Crippen molar-refractivity contribution in [3.05, 3.63) is 39.9 Å². The van der Waals surface area contributed by atoms with Crippen LogP contribution in [0.1, 0.15) is 68.6 Å². The van der Waals surface area contributed by atoms with Crippen molar-refractivity contribution in [2.24, 2.45) is 0 Å². The number of unbranched alkanes of at least 4 members (excludes halogenated alkanes) is 7. The fourth-order valence-electron chi connectivity index (χ4n) is 2.37. The van der Waals surface area contributed by atoms with Crippen molar-refractivity contribution < 1.29 is 14.7 Å². The highest BCUT2D eigenvalue weighted by atomic mass is 17.0. The zero-order valence-electron chi connectivity index (χ0n) is 13.8. The highest BCUT2D eigenvalue weighted by molar-refractivity contribution is 5.96. The summed E-state index contributed by atoms with van der Waals surface area (Å²) in [5, 5.41) is 12.3. The average molecular weight is 322 g/mol. The molecule has 0 radical (unpaired) electrons. The average Bonchev–Trinajstić information content (AvgIpc) is 2.53. The summed E-state index contributed by atoms with van der Waals surface area (Å²) in [6.45, 7) is 2.78. The van der Waals surface area contributed by atoms with Gasteiger partial charge in [-0.25, -0.2) is 0 Å². The van der Waals surface area contributed by atoms with Crippen molar-refractivity contribution in [1.29, 1.82) is 0 Å². The number of rotatable bonds is 12. The Morgan fingerprint density at radius 2 is 1.70 bits per heavy atom. The maximum absolute atomic E-state index is 12.0. The third-order valence-corrected chi connectivity index (χ3v) is 3.62. The molecule has 0 fully saturated rings. The Kier molecular flexibility index (Phi) is 9.43. The summed E-state index contributed by atoms with van der Waals surface area (Å²) in [4.78, 5) is 26.9. The first kappa shape index (κ1) is 18.9. The fraction of sp³-hybridized carbons (Fsp3) is 0.588. The van der Waals surface area contributed by atoms with Crippen molar-refractivity contribution in [3.8, 4) is 5.75 Å². The molecule has 1 N–H and O–H groups in total. The van der Waals surface area contributed by atoms with E-state index in [1.54, 1.807) is 12.1 Å². The number of carbonyl (C=O) groups excluding carboxylic acids is 1. The van der Waals surface area contributed by atoms with Gasteiger partial charge in [0.05, 0.1) is 5.56 Å². The molecule has 1 aromatic carbocycles. The summed E-state index contributed by atoms with van der Waals surface area (Å²) in [7, 11) is 0. The van der Waals surface area contributed by atoms with Crippen LogP contribution in [0.5, 0.6) is 5.75 Å². The number of benzene rings is 1. The van der Waals surface area contributed by atoms with Crippen LogP contribution >= 0.6 is 0 Å². The Balaban J connectivity index is 2.23. The van der Waals surface area contributed by atoms with Gasteiger partial charge >= 0.3 is 0 Å². The zero-order chi connectivity index (χ0) is 16.9. The second-order valence-corrected chi connectivity index (χ2v) is 5.54. The number of hydrogen-bond donors (Lipinski definition) is 1. The van der Waals surface area contributed by atoms with Crippen LogP contribution in [0.4, 0.5) is 0 Å². The van der Waals surface area contributed by atoms with E-state index < -0.39 is 5.09 Å². The SMILES string of the molecule is CCCCCCCCCCNC(=O)c1ccccc1O[N+](=O)[O-]. The second-order valence-electron chi connectivity index (χ2n) is 5.54. The molecule has 0 aromatic heterocycles. The molecule has 0 aliphatic carbocycles. The lowest BCUT2D eigenvalue weighted by Crippen LogP contribution is -2.25. The minimum absolute atomic E-state index is 0.0362. The molecule has 0 heterocycles. The molecule has 0 aliphatic heterocycles. The molecule has 0 aliphatic rings. The van der Waals surface area contributed by atoms with Crippen LogP contribution in [0, 0.1) is 10.1 Å². The Hall–Kier alpha value is -2.11. The van der Waals surface area contributed by atoms with Gasteiger partial charge in [-0.3, -0.25) is 9.63 Å². The van der Waals surface area contributed by atoms with E-state index in [1.165, 1.54) is 50.7 Å². The molecule has 1 amide bonds. The molecule has 0 unspecified atom stereocenters. The summed E-state index contributed by atoms with van der Waals surface area (Å²) in [5.41, 5.74) is 0.184. The standard InChI is InChI=1S/C17H26N2O4/c1-2-3-4-5-6-7-8-11-14-18-17(20)15-12-9-10-13-16(15)23-19(21)22/h9-10,12-13H,2-8,11,14H2,1H3,(H,18,20). The highest BCUT2D eigenvalue weighted by Crippen LogP contribution is 2.17. The van der Waals surface area contributed by atoms with Gasteiger partial charge in [-0.05, 0) is 18.6 Å². The zero-order valence-corrected chi connectivity index (χ0v) is 13.8. The van der Waals surface area contributed by atoms with Crippen molar-refractivity contribution in [3.63, 3.8) is 0 Å². The Bertz CT molecular complexity index is 491. The van der Waals surface area contributed by atoms with E-state index >= 15 is 0 Å². The van der Waals surface area contributed by atoms with Crippen LogP contribution in [-0.2, 0) is 0 Å². The van der Waals surface area contributed by atoms with E-state index in [9.17, 15) is 14.9 Å². The maximum Gasteiger partial charge on any atom is 0.299 e. The number of amides is 1. The molecule has 1 aromatic rings. The van der Waals surface area contributed by atoms with Gasteiger partial charge < -0.3 is 5.32 Å². The molecule has 6 heteroatoms. The quantitative estimate of drug-likeness (QED) is 0.356. The highest BCUT2D eigenvalue weighted by Gasteiger charge is 2.13. The maximum atomic E-state index is 12.0. The summed E-state index contributed by atoms with van der Waals surface area (Å²) < 4.78 is 0. The van der Waals surface area contributed by atoms with Crippen LogP contribution in [0.25, 0.3) is 0 Å². The number of nitrogens with one attached hydrogen (secondary N) is 1. The molecule has 0 spiro atoms. The predicted octanol–water partition coefficient (Wildman–Crippen LogP) is 4.13. The van der Waals surface area contributed by atoms with Gasteiger partial charge in [0.1, 0.15) is 5.75 Å². The van der Waals surface area contributed by atoms with Gasteiger partial charge in [0, 0.05) is 6.54 Å². The molecule has 0 saturated carbocycles. The van der Waals surface area contributed by atoms with Gasteiger partial charge in [0.15, 0.2) is 0 Å². The predicted molar refractivity (Wildman–Crippen MR) is 89.0 cm³/mol. The first-order valence-electron chi connectivity index (χ1n) is 8.34. The van der Waals surface area contributed by atoms with Crippen molar-refractivity contribution in [2.75, 3.05) is 6.54 Å². The van der Waals surface area contributed by atoms with Crippen molar-refractivity contribution in [2.45, 2.75) is 58.3 Å². The lowest BCUT2D eigenvalue weighted by Gasteiger charge is -2.08. The Labute approximate surface area is 137 Å². The van der Waals surface area contributed by atoms with Gasteiger partial charge in [0.25, 0.3) is 11.0 Å². The molecular weight excluding hydrogens is 296 g/mol. The molecule has 1 rings (SSSR count). The van der Waals surface area contributed by atoms with Gasteiger partial charge in [-0.2, -0.15) is 0 Å². The van der Waals surface area contributed by atoms with Gasteiger partial charge in [-0.1, -0.05) is 64.0 Å². The van der Waals surface area contributed by atoms with E-state index in [4.69, 9.17) is 0 Å². The van der Waals surface area contributed by atoms with Gasteiger partial charge in [0.2, 0.25) is 0 Å². The van der Waals surface area contributed by atoms with Crippen LogP contribution in [0.3, 0.4) is 0 Å². The molecule has 23 heavy (non-hydrogen) atoms. The Morgan fingerprint density at radius 1 is 1.09 bits per heavy atom. The summed E-state index contributed by atoms with van der Waals surface area (Å²) in [5.74, 6) is -0.378. The van der Waals surface area contributed by atoms with Crippen LogP contribution in [0.15, 0.2) is 24.3 Å². The van der Waals surface area contributed by atoms with Crippen molar-refractivity contribution in [1.82, 2.24) is 5.32 Å².